The van der Waals surface area contributed by atoms with Crippen LogP contribution in [0, 0.1) is 0 Å². The number of carbonyl (C=O) groups is 1. The highest BCUT2D eigenvalue weighted by molar-refractivity contribution is 5.98. The van der Waals surface area contributed by atoms with Gasteiger partial charge in [0.1, 0.15) is 18.1 Å². The monoisotopic (exact) mass is 389 g/mol. The Hall–Kier alpha value is -4.07. The van der Waals surface area contributed by atoms with Gasteiger partial charge in [0.05, 0.1) is 7.11 Å². The van der Waals surface area contributed by atoms with E-state index in [1.54, 1.807) is 62.1 Å². The third kappa shape index (κ3) is 6.24. The molecule has 0 aliphatic carbocycles. The molecule has 3 rings (SSSR count). The molecule has 8 heteroatoms. The molecule has 8 nitrogen and oxygen atoms in total. The number of nitrogens with one attached hydrogen (secondary N) is 1. The summed E-state index contributed by atoms with van der Waals surface area (Å²) < 4.78 is 10.9. The summed E-state index contributed by atoms with van der Waals surface area (Å²) in [5.74, 6) is 1.18. The van der Waals surface area contributed by atoms with E-state index < -0.39 is 0 Å². The van der Waals surface area contributed by atoms with Gasteiger partial charge in [0.2, 0.25) is 0 Å². The van der Waals surface area contributed by atoms with Crippen molar-refractivity contribution in [1.82, 2.24) is 15.4 Å². The summed E-state index contributed by atoms with van der Waals surface area (Å²) in [5, 5.41) is 4.10. The smallest absolute Gasteiger partial charge is 0.271 e. The van der Waals surface area contributed by atoms with E-state index in [1.165, 1.54) is 12.4 Å². The maximum atomic E-state index is 12.2. The molecule has 1 N–H and O–H groups in total. The van der Waals surface area contributed by atoms with Crippen molar-refractivity contribution in [2.45, 2.75) is 0 Å². The fraction of sp³-hybridized carbons (Fsp3) is 0.0952. The SMILES string of the molecule is COc1cccc(OC/C(N=Cc2ccncc2)=N/NC(=O)c2ccncc2)c1. The van der Waals surface area contributed by atoms with Gasteiger partial charge in [-0.15, -0.1) is 0 Å². The molecule has 2 aromatic heterocycles. The van der Waals surface area contributed by atoms with Gasteiger partial charge in [-0.1, -0.05) is 6.07 Å². The first-order valence-corrected chi connectivity index (χ1v) is 8.72. The van der Waals surface area contributed by atoms with E-state index in [1.807, 2.05) is 12.1 Å². The number of methoxy groups -OCH3 is 1. The molecule has 0 radical (unpaired) electrons. The number of aliphatic imine (C=N–C) groups is 1. The van der Waals surface area contributed by atoms with Gasteiger partial charge in [0.15, 0.2) is 5.84 Å². The average molecular weight is 389 g/mol. The van der Waals surface area contributed by atoms with Crippen LogP contribution in [-0.4, -0.2) is 41.6 Å². The standard InChI is InChI=1S/C21H19N5O3/c1-28-18-3-2-4-19(13-18)29-15-20(24-14-16-5-9-22-10-6-16)25-26-21(27)17-7-11-23-12-8-17/h2-14H,15H2,1H3,(H,26,27)/b24-14?,25-20-. The Balaban J connectivity index is 1.73. The Labute approximate surface area is 168 Å². The van der Waals surface area contributed by atoms with E-state index in [2.05, 4.69) is 25.5 Å². The zero-order valence-electron chi connectivity index (χ0n) is 15.7. The van der Waals surface area contributed by atoms with Crippen LogP contribution in [0.5, 0.6) is 11.5 Å². The maximum Gasteiger partial charge on any atom is 0.271 e. The normalized spacial score (nSPS) is 11.3. The molecule has 3 aromatic rings. The van der Waals surface area contributed by atoms with Crippen molar-refractivity contribution in [2.24, 2.45) is 10.1 Å². The molecule has 0 saturated carbocycles. The average Bonchev–Trinajstić information content (AvgIpc) is 2.79. The van der Waals surface area contributed by atoms with Gasteiger partial charge in [-0.2, -0.15) is 5.10 Å². The first kappa shape index (κ1) is 19.7. The molecular weight excluding hydrogens is 370 g/mol. The van der Waals surface area contributed by atoms with Gasteiger partial charge >= 0.3 is 0 Å². The molecule has 0 aliphatic heterocycles. The second-order valence-electron chi connectivity index (χ2n) is 5.71. The van der Waals surface area contributed by atoms with E-state index in [0.717, 1.165) is 5.56 Å². The lowest BCUT2D eigenvalue weighted by atomic mass is 10.3. The number of rotatable bonds is 7. The Morgan fingerprint density at radius 2 is 1.72 bits per heavy atom. The highest BCUT2D eigenvalue weighted by Gasteiger charge is 2.06. The number of pyridine rings is 2. The molecule has 1 amide bonds. The van der Waals surface area contributed by atoms with Crippen LogP contribution in [0.4, 0.5) is 0 Å². The van der Waals surface area contributed by atoms with Crippen LogP contribution < -0.4 is 14.9 Å². The van der Waals surface area contributed by atoms with Gasteiger partial charge in [-0.3, -0.25) is 14.8 Å². The van der Waals surface area contributed by atoms with Crippen molar-refractivity contribution in [3.05, 3.63) is 84.4 Å². The van der Waals surface area contributed by atoms with E-state index in [0.29, 0.717) is 17.1 Å². The second kappa shape index (κ2) is 10.3. The molecule has 0 bridgehead atoms. The highest BCUT2D eigenvalue weighted by Crippen LogP contribution is 2.18. The fourth-order valence-electron chi connectivity index (χ4n) is 2.22. The molecule has 0 fully saturated rings. The third-order valence-corrected chi connectivity index (χ3v) is 3.71. The molecule has 0 aliphatic rings. The summed E-state index contributed by atoms with van der Waals surface area (Å²) in [6.07, 6.45) is 8.01. The summed E-state index contributed by atoms with van der Waals surface area (Å²) in [6, 6.07) is 14.0. The van der Waals surface area contributed by atoms with Crippen molar-refractivity contribution in [3.8, 4) is 11.5 Å². The van der Waals surface area contributed by atoms with Gasteiger partial charge < -0.3 is 9.47 Å². The predicted octanol–water partition coefficient (Wildman–Crippen LogP) is 2.73. The Bertz CT molecular complexity index is 991. The topological polar surface area (TPSA) is 98.1 Å². The van der Waals surface area contributed by atoms with Crippen LogP contribution in [0.3, 0.4) is 0 Å². The van der Waals surface area contributed by atoms with Crippen LogP contribution >= 0.6 is 0 Å². The van der Waals surface area contributed by atoms with E-state index in [4.69, 9.17) is 9.47 Å². The number of amidine groups is 1. The van der Waals surface area contributed by atoms with E-state index in [9.17, 15) is 4.79 Å². The number of hydrogen-bond acceptors (Lipinski definition) is 6. The van der Waals surface area contributed by atoms with Crippen LogP contribution in [0.2, 0.25) is 0 Å². The van der Waals surface area contributed by atoms with Crippen LogP contribution in [0.25, 0.3) is 0 Å². The summed E-state index contributed by atoms with van der Waals surface area (Å²) in [5.41, 5.74) is 3.77. The first-order chi connectivity index (χ1) is 14.2. The second-order valence-corrected chi connectivity index (χ2v) is 5.71. The van der Waals surface area contributed by atoms with Crippen molar-refractivity contribution >= 4 is 18.0 Å². The zero-order chi connectivity index (χ0) is 20.3. The minimum atomic E-state index is -0.370. The summed E-state index contributed by atoms with van der Waals surface area (Å²) in [7, 11) is 1.58. The number of nitrogens with zero attached hydrogens (tertiary/aromatic N) is 4. The number of hydrazone groups is 1. The minimum absolute atomic E-state index is 0.0470. The predicted molar refractivity (Wildman–Crippen MR) is 109 cm³/mol. The first-order valence-electron chi connectivity index (χ1n) is 8.72. The lowest BCUT2D eigenvalue weighted by Gasteiger charge is -2.08. The molecule has 0 atom stereocenters. The fourth-order valence-corrected chi connectivity index (χ4v) is 2.22. The maximum absolute atomic E-state index is 12.2. The van der Waals surface area contributed by atoms with Gasteiger partial charge in [-0.25, -0.2) is 10.4 Å². The van der Waals surface area contributed by atoms with Crippen LogP contribution in [0.1, 0.15) is 15.9 Å². The van der Waals surface area contributed by atoms with Crippen molar-refractivity contribution < 1.29 is 14.3 Å². The van der Waals surface area contributed by atoms with Crippen molar-refractivity contribution in [2.75, 3.05) is 13.7 Å². The lowest BCUT2D eigenvalue weighted by molar-refractivity contribution is 0.0954. The van der Waals surface area contributed by atoms with Crippen LogP contribution in [-0.2, 0) is 0 Å². The van der Waals surface area contributed by atoms with Crippen molar-refractivity contribution in [1.29, 1.82) is 0 Å². The van der Waals surface area contributed by atoms with Gasteiger partial charge in [-0.05, 0) is 42.0 Å². The molecule has 0 spiro atoms. The summed E-state index contributed by atoms with van der Waals surface area (Å²) in [6.45, 7) is 0.0470. The number of ether oxygens (including phenoxy) is 2. The molecule has 0 saturated heterocycles. The number of hydrogen-bond donors (Lipinski definition) is 1. The van der Waals surface area contributed by atoms with Crippen molar-refractivity contribution in [3.63, 3.8) is 0 Å². The molecule has 0 unspecified atom stereocenters. The quantitative estimate of drug-likeness (QED) is 0.381. The molecule has 29 heavy (non-hydrogen) atoms. The number of amides is 1. The number of aromatic nitrogens is 2. The number of benzene rings is 1. The summed E-state index contributed by atoms with van der Waals surface area (Å²) in [4.78, 5) is 24.4. The van der Waals surface area contributed by atoms with Gasteiger partial charge in [0, 0.05) is 42.6 Å². The minimum Gasteiger partial charge on any atom is -0.497 e. The Kier molecular flexibility index (Phi) is 7.00. The number of carbonyl (C=O) groups excluding carboxylic acids is 1. The highest BCUT2D eigenvalue weighted by atomic mass is 16.5. The molecule has 2 heterocycles. The van der Waals surface area contributed by atoms with Gasteiger partial charge in [0.25, 0.3) is 5.91 Å². The zero-order valence-corrected chi connectivity index (χ0v) is 15.7. The molecular formula is C21H19N5O3. The van der Waals surface area contributed by atoms with Crippen LogP contribution in [0.15, 0.2) is 83.4 Å². The largest absolute Gasteiger partial charge is 0.497 e. The molecule has 146 valence electrons. The van der Waals surface area contributed by atoms with E-state index >= 15 is 0 Å². The van der Waals surface area contributed by atoms with E-state index in [-0.39, 0.29) is 18.3 Å². The molecule has 1 aromatic carbocycles. The Morgan fingerprint density at radius 3 is 2.45 bits per heavy atom. The lowest BCUT2D eigenvalue weighted by Crippen LogP contribution is -2.21. The summed E-state index contributed by atoms with van der Waals surface area (Å²) >= 11 is 0. The third-order valence-electron chi connectivity index (χ3n) is 3.71. The Morgan fingerprint density at radius 1 is 1.03 bits per heavy atom.